The molecule has 34 heteroatoms. The number of rotatable bonds is 23. The molecule has 4 fully saturated rings. The van der Waals surface area contributed by atoms with Crippen LogP contribution in [0.3, 0.4) is 0 Å². The van der Waals surface area contributed by atoms with Gasteiger partial charge in [0.2, 0.25) is 30.4 Å². The number of aliphatic hydroxyl groups excluding tert-OH is 11. The maximum Gasteiger partial charge on any atom is 0.402 e. The molecule has 5 heterocycles. The Hall–Kier alpha value is -8.79. The first-order chi connectivity index (χ1) is 45.2. The molecule has 95 heavy (non-hydrogen) atoms. The second kappa shape index (κ2) is 30.7. The first kappa shape index (κ1) is 70.5. The van der Waals surface area contributed by atoms with Crippen molar-refractivity contribution in [1.82, 2.24) is 0 Å². The van der Waals surface area contributed by atoms with Crippen LogP contribution in [0.5, 0.6) is 51.7 Å². The van der Waals surface area contributed by atoms with Gasteiger partial charge < -0.3 is 143 Å². The number of methoxy groups -OCH3 is 2. The first-order valence-electron chi connectivity index (χ1n) is 28.7. The van der Waals surface area contributed by atoms with E-state index in [0.717, 1.165) is 42.5 Å². The van der Waals surface area contributed by atoms with Crippen molar-refractivity contribution in [2.24, 2.45) is 0 Å². The van der Waals surface area contributed by atoms with Crippen LogP contribution in [0.4, 0.5) is 0 Å². The molecule has 4 aliphatic rings. The van der Waals surface area contributed by atoms with Crippen molar-refractivity contribution in [2.45, 2.75) is 123 Å². The lowest BCUT2D eigenvalue weighted by atomic mass is 9.98. The Bertz CT molecular complexity index is 3550. The zero-order valence-corrected chi connectivity index (χ0v) is 49.7. The van der Waals surface area contributed by atoms with E-state index in [4.69, 9.17) is 71.1 Å². The van der Waals surface area contributed by atoms with E-state index >= 15 is 0 Å². The van der Waals surface area contributed by atoms with Gasteiger partial charge in [0.05, 0.1) is 39.1 Å². The molecule has 4 saturated heterocycles. The van der Waals surface area contributed by atoms with Gasteiger partial charge in [-0.15, -0.1) is 0 Å². The summed E-state index contributed by atoms with van der Waals surface area (Å²) in [6, 6.07) is 14.8. The maximum atomic E-state index is 13.4. The van der Waals surface area contributed by atoms with Crippen molar-refractivity contribution < 1.29 is 167 Å². The molecule has 4 aromatic carbocycles. The average Bonchev–Trinajstić information content (AvgIpc) is 0.780. The standard InChI is InChI=1S/C61H66O34/c1-82-35-13-25(14-36(83-2)45(35)72)6-12-43(70)94-56-32(66)21-86-58(53(56)80)95-57-48(75)40(23-84-42(69)11-5-24-3-8-28(9-4-24)87-59-51(78)49(76)46(73)38(20-62)91-59)93-61(54(57)81)89-34-17-27(63)16-33-29(34)18-37(55(88-33)26-7-10-30(64)31(65)15-26)90-60-52(79)50(77)47(74)39(92-60)22-85-44(71)19-41(67)68/h3-18,32,38-40,46-54,56-62,66,73-81H,19-23H2,1-2H3,(H4-,63,64,65,67,68,70,72)/p+1/b11-5+/t32-,38-,39-,40-,46-,47-,48-,49+,50+,51-,52-,53-,54-,56+,57+,58+,59-,60-,61-/m1/s1. The molecular weight excluding hydrogens is 1280 g/mol. The smallest absolute Gasteiger partial charge is 0.402 e. The molecule has 514 valence electrons. The van der Waals surface area contributed by atoms with E-state index in [1.807, 2.05) is 0 Å². The Balaban J connectivity index is 0.992. The van der Waals surface area contributed by atoms with E-state index in [1.54, 1.807) is 0 Å². The minimum absolute atomic E-state index is 0.0105. The summed E-state index contributed by atoms with van der Waals surface area (Å²) in [5, 5.41) is 171. The summed E-state index contributed by atoms with van der Waals surface area (Å²) in [4.78, 5) is 49.8. The third-order valence-electron chi connectivity index (χ3n) is 15.2. The van der Waals surface area contributed by atoms with Gasteiger partial charge in [-0.1, -0.05) is 12.1 Å². The molecule has 0 spiro atoms. The number of benzene rings is 4. The van der Waals surface area contributed by atoms with Crippen molar-refractivity contribution in [3.8, 4) is 63.1 Å². The van der Waals surface area contributed by atoms with E-state index in [1.165, 1.54) is 68.8 Å². The number of carbonyl (C=O) groups is 4. The number of esters is 3. The summed E-state index contributed by atoms with van der Waals surface area (Å²) >= 11 is 0. The molecular formula is C61H67O34+. The zero-order valence-electron chi connectivity index (χ0n) is 49.7. The molecule has 0 aliphatic carbocycles. The fourth-order valence-corrected chi connectivity index (χ4v) is 10.1. The molecule has 0 radical (unpaired) electrons. The Morgan fingerprint density at radius 2 is 1.14 bits per heavy atom. The number of aromatic hydroxyl groups is 4. The topological polar surface area (TPSA) is 523 Å². The normalized spacial score (nSPS) is 30.1. The minimum Gasteiger partial charge on any atom is -0.507 e. The van der Waals surface area contributed by atoms with Gasteiger partial charge in [-0.05, 0) is 59.7 Å². The first-order valence-corrected chi connectivity index (χ1v) is 28.7. The van der Waals surface area contributed by atoms with Crippen LogP contribution in [0.2, 0.25) is 0 Å². The fourth-order valence-electron chi connectivity index (χ4n) is 10.1. The predicted octanol–water partition coefficient (Wildman–Crippen LogP) is -2.23. The van der Waals surface area contributed by atoms with Gasteiger partial charge in [-0.25, -0.2) is 14.0 Å². The number of aliphatic hydroxyl groups is 11. The number of carboxylic acids is 1. The number of hydrogen-bond acceptors (Lipinski definition) is 32. The maximum absolute atomic E-state index is 13.4. The SMILES string of the molecule is COc1cc(C=CC(=O)O[C@@H]2[C@@H](O)[C@H](O[C@@H]3[C@@H](O)[C@H](Oc4cc(O)cc5[o+]c(-c6ccc(O)c(O)c6)c(O[C@@H]6O[C@H](COC(=O)CC(=O)O)[C@@H](O)[C@H](O)[C@H]6O)cc45)O[C@H](COC(=O)/C=C/c4ccc(O[C@@H]5O[C@H](CO)[C@@H](O)[C@H](O)[C@H]5O)cc4)[C@H]3O)OC[C@H]2O)cc(OC)c1O. The van der Waals surface area contributed by atoms with Crippen LogP contribution in [0, 0.1) is 0 Å². The van der Waals surface area contributed by atoms with Gasteiger partial charge in [0.15, 0.2) is 35.4 Å². The van der Waals surface area contributed by atoms with Gasteiger partial charge in [0.1, 0.15) is 128 Å². The second-order valence-corrected chi connectivity index (χ2v) is 21.7. The molecule has 0 saturated carbocycles. The summed E-state index contributed by atoms with van der Waals surface area (Å²) in [7, 11) is 2.56. The monoisotopic (exact) mass is 1340 g/mol. The summed E-state index contributed by atoms with van der Waals surface area (Å²) in [6.45, 7) is -3.12. The van der Waals surface area contributed by atoms with Crippen LogP contribution in [0.1, 0.15) is 17.5 Å². The Morgan fingerprint density at radius 1 is 0.558 bits per heavy atom. The largest absolute Gasteiger partial charge is 0.507 e. The summed E-state index contributed by atoms with van der Waals surface area (Å²) in [5.41, 5.74) is 0.284. The van der Waals surface area contributed by atoms with Crippen LogP contribution in [0.15, 0.2) is 89.4 Å². The number of ether oxygens (including phenoxy) is 13. The predicted molar refractivity (Wildman–Crippen MR) is 310 cm³/mol. The van der Waals surface area contributed by atoms with Crippen LogP contribution >= 0.6 is 0 Å². The molecule has 16 N–H and O–H groups in total. The van der Waals surface area contributed by atoms with Gasteiger partial charge in [0.25, 0.3) is 0 Å². The number of aliphatic carboxylic acids is 1. The van der Waals surface area contributed by atoms with Gasteiger partial charge >= 0.3 is 35.2 Å². The molecule has 34 nitrogen and oxygen atoms in total. The van der Waals surface area contributed by atoms with Crippen LogP contribution < -0.4 is 23.7 Å². The molecule has 5 aromatic rings. The number of hydrogen-bond donors (Lipinski definition) is 16. The van der Waals surface area contributed by atoms with Crippen LogP contribution in [-0.4, -0.2) is 263 Å². The Morgan fingerprint density at radius 3 is 1.78 bits per heavy atom. The third kappa shape index (κ3) is 16.5. The third-order valence-corrected chi connectivity index (χ3v) is 15.2. The van der Waals surface area contributed by atoms with Crippen LogP contribution in [-0.2, 0) is 57.1 Å². The van der Waals surface area contributed by atoms with E-state index in [-0.39, 0.29) is 50.9 Å². The van der Waals surface area contributed by atoms with Crippen molar-refractivity contribution in [3.05, 3.63) is 96.1 Å². The summed E-state index contributed by atoms with van der Waals surface area (Å²) in [6.07, 6.45) is -32.1. The minimum atomic E-state index is -2.21. The van der Waals surface area contributed by atoms with Crippen LogP contribution in [0.25, 0.3) is 34.4 Å². The highest BCUT2D eigenvalue weighted by Gasteiger charge is 2.52. The van der Waals surface area contributed by atoms with Gasteiger partial charge in [0, 0.05) is 30.4 Å². The lowest BCUT2D eigenvalue weighted by Gasteiger charge is -2.45. The lowest BCUT2D eigenvalue weighted by molar-refractivity contribution is -0.339. The Labute approximate surface area is 535 Å². The Kier molecular flexibility index (Phi) is 22.8. The van der Waals surface area contributed by atoms with Gasteiger partial charge in [-0.3, -0.25) is 9.59 Å². The number of carboxylic acid groups (broad SMARTS) is 1. The van der Waals surface area contributed by atoms with E-state index in [2.05, 4.69) is 0 Å². The second-order valence-electron chi connectivity index (χ2n) is 21.7. The highest BCUT2D eigenvalue weighted by atomic mass is 16.7. The highest BCUT2D eigenvalue weighted by Crippen LogP contribution is 2.44. The highest BCUT2D eigenvalue weighted by molar-refractivity contribution is 5.91. The lowest BCUT2D eigenvalue weighted by Crippen LogP contribution is -2.64. The van der Waals surface area contributed by atoms with E-state index in [9.17, 15) is 95.8 Å². The average molecular weight is 1340 g/mol. The molecule has 0 unspecified atom stereocenters. The molecule has 9 rings (SSSR count). The molecule has 1 aromatic heterocycles. The molecule has 0 amide bonds. The summed E-state index contributed by atoms with van der Waals surface area (Å²) < 4.78 is 78.9. The zero-order chi connectivity index (χ0) is 68.7. The fraction of sp³-hybridized carbons (Fsp3) is 0.426. The van der Waals surface area contributed by atoms with Gasteiger partial charge in [-0.2, -0.15) is 0 Å². The number of phenolic OH excluding ortho intramolecular Hbond substituents is 4. The number of phenols is 4. The summed E-state index contributed by atoms with van der Waals surface area (Å²) in [5.74, 6) is -8.42. The van der Waals surface area contributed by atoms with Crippen molar-refractivity contribution in [2.75, 3.05) is 40.6 Å². The van der Waals surface area contributed by atoms with Crippen molar-refractivity contribution in [3.63, 3.8) is 0 Å². The quantitative estimate of drug-likeness (QED) is 0.00822. The van der Waals surface area contributed by atoms with E-state index in [0.29, 0.717) is 5.56 Å². The molecule has 19 atom stereocenters. The number of fused-ring (bicyclic) bond motifs is 1. The van der Waals surface area contributed by atoms with Crippen molar-refractivity contribution in [1.29, 1.82) is 0 Å². The number of carbonyl (C=O) groups excluding carboxylic acids is 3. The van der Waals surface area contributed by atoms with E-state index < -0.39 is 202 Å². The molecule has 4 aliphatic heterocycles. The van der Waals surface area contributed by atoms with Crippen molar-refractivity contribution >= 4 is 47.0 Å². The molecule has 0 bridgehead atoms.